The fraction of sp³-hybridized carbons (Fsp3) is 0.211. The topological polar surface area (TPSA) is 63.6 Å². The Balaban J connectivity index is 1.96. The zero-order chi connectivity index (χ0) is 18.3. The average Bonchev–Trinajstić information content (AvgIpc) is 2.99. The number of pyridine rings is 1. The molecular formula is C19H15ClFN3O2. The lowest BCUT2D eigenvalue weighted by atomic mass is 9.83. The van der Waals surface area contributed by atoms with Crippen molar-refractivity contribution in [2.75, 3.05) is 7.11 Å². The van der Waals surface area contributed by atoms with Crippen molar-refractivity contribution in [2.45, 2.75) is 18.4 Å². The molecule has 0 amide bonds. The molecule has 1 N–H and O–H groups in total. The van der Waals surface area contributed by atoms with Gasteiger partial charge in [-0.15, -0.1) is 0 Å². The molecule has 0 saturated heterocycles. The minimum atomic E-state index is -1.10. The molecule has 132 valence electrons. The molecule has 1 aliphatic carbocycles. The molecule has 7 heteroatoms. The molecule has 1 spiro atoms. The van der Waals surface area contributed by atoms with Crippen LogP contribution in [0.1, 0.15) is 23.2 Å². The van der Waals surface area contributed by atoms with E-state index in [1.807, 2.05) is 6.07 Å². The van der Waals surface area contributed by atoms with Crippen LogP contribution in [0.15, 0.2) is 58.3 Å². The third-order valence-corrected chi connectivity index (χ3v) is 5.02. The van der Waals surface area contributed by atoms with E-state index in [1.54, 1.807) is 24.4 Å². The van der Waals surface area contributed by atoms with Crippen LogP contribution >= 0.6 is 11.6 Å². The number of carbonyl (C=O) groups excluding carboxylic acids is 1. The Hall–Kier alpha value is -2.73. The summed E-state index contributed by atoms with van der Waals surface area (Å²) in [5.74, 6) is -0.553. The quantitative estimate of drug-likeness (QED) is 0.651. The molecule has 5 nitrogen and oxygen atoms in total. The number of aliphatic imine (C=N–C) groups is 1. The van der Waals surface area contributed by atoms with Crippen LogP contribution in [0.25, 0.3) is 0 Å². The molecular weight excluding hydrogens is 357 g/mol. The number of nitrogens with zero attached hydrogens (tertiary/aromatic N) is 2. The monoisotopic (exact) mass is 371 g/mol. The lowest BCUT2D eigenvalue weighted by Gasteiger charge is -2.33. The van der Waals surface area contributed by atoms with Crippen LogP contribution in [0.5, 0.6) is 0 Å². The first-order valence-electron chi connectivity index (χ1n) is 8.11. The van der Waals surface area contributed by atoms with Crippen molar-refractivity contribution in [3.63, 3.8) is 0 Å². The van der Waals surface area contributed by atoms with Crippen LogP contribution in [0, 0.1) is 5.82 Å². The van der Waals surface area contributed by atoms with Gasteiger partial charge in [-0.1, -0.05) is 23.7 Å². The van der Waals surface area contributed by atoms with Gasteiger partial charge in [-0.2, -0.15) is 0 Å². The first-order valence-corrected chi connectivity index (χ1v) is 8.49. The first-order chi connectivity index (χ1) is 12.5. The number of esters is 1. The number of ether oxygens (including phenoxy) is 1. The third-order valence-electron chi connectivity index (χ3n) is 4.73. The number of amidine groups is 1. The second-order valence-corrected chi connectivity index (χ2v) is 6.52. The Labute approximate surface area is 154 Å². The van der Waals surface area contributed by atoms with Gasteiger partial charge < -0.3 is 10.1 Å². The zero-order valence-corrected chi connectivity index (χ0v) is 14.7. The molecule has 26 heavy (non-hydrogen) atoms. The van der Waals surface area contributed by atoms with E-state index in [2.05, 4.69) is 10.3 Å². The number of hydrogen-bond acceptors (Lipinski definition) is 5. The van der Waals surface area contributed by atoms with Gasteiger partial charge in [0.2, 0.25) is 0 Å². The zero-order valence-electron chi connectivity index (χ0n) is 13.9. The van der Waals surface area contributed by atoms with Gasteiger partial charge in [-0.05, 0) is 48.2 Å². The Bertz CT molecular complexity index is 959. The highest BCUT2D eigenvalue weighted by Gasteiger charge is 2.49. The van der Waals surface area contributed by atoms with Crippen molar-refractivity contribution in [1.29, 1.82) is 0 Å². The minimum Gasteiger partial charge on any atom is -0.465 e. The lowest BCUT2D eigenvalue weighted by molar-refractivity contribution is -0.137. The Morgan fingerprint density at radius 1 is 1.35 bits per heavy atom. The third kappa shape index (κ3) is 2.49. The molecule has 1 aromatic heterocycles. The number of hydrogen-bond donors (Lipinski definition) is 1. The van der Waals surface area contributed by atoms with Gasteiger partial charge >= 0.3 is 5.97 Å². The number of benzene rings is 1. The Kier molecular flexibility index (Phi) is 4.00. The fourth-order valence-electron chi connectivity index (χ4n) is 3.59. The van der Waals surface area contributed by atoms with Crippen LogP contribution in [0.3, 0.4) is 0 Å². The predicted molar refractivity (Wildman–Crippen MR) is 95.2 cm³/mol. The van der Waals surface area contributed by atoms with Gasteiger partial charge in [0, 0.05) is 6.20 Å². The summed E-state index contributed by atoms with van der Waals surface area (Å²) < 4.78 is 18.9. The lowest BCUT2D eigenvalue weighted by Crippen LogP contribution is -2.41. The van der Waals surface area contributed by atoms with E-state index in [9.17, 15) is 9.18 Å². The summed E-state index contributed by atoms with van der Waals surface area (Å²) in [6.07, 6.45) is 2.78. The van der Waals surface area contributed by atoms with Crippen molar-refractivity contribution < 1.29 is 13.9 Å². The fourth-order valence-corrected chi connectivity index (χ4v) is 3.91. The predicted octanol–water partition coefficient (Wildman–Crippen LogP) is 3.04. The van der Waals surface area contributed by atoms with Crippen LogP contribution < -0.4 is 5.32 Å². The molecule has 4 rings (SSSR count). The van der Waals surface area contributed by atoms with Crippen molar-refractivity contribution in [3.05, 3.63) is 76.0 Å². The van der Waals surface area contributed by atoms with E-state index < -0.39 is 17.3 Å². The molecule has 1 unspecified atom stereocenters. The average molecular weight is 372 g/mol. The number of fused-ring (bicyclic) bond motifs is 2. The molecule has 2 aliphatic rings. The standard InChI is InChI=1S/C19H15ClFN3O2/c1-26-18(25)15-16(20)23-17(14-4-2-3-9-22-14)24-19(15)8-7-11-5-6-12(21)10-13(11)19/h2-6,9-10H,7-8H2,1H3,(H,23,24). The SMILES string of the molecule is COC(=O)C1=C(Cl)NC(c2ccccn2)=NC12CCc1ccc(F)cc12. The van der Waals surface area contributed by atoms with Gasteiger partial charge in [-0.3, -0.25) is 4.98 Å². The van der Waals surface area contributed by atoms with E-state index in [0.717, 1.165) is 5.56 Å². The van der Waals surface area contributed by atoms with Gasteiger partial charge in [0.1, 0.15) is 27.8 Å². The Morgan fingerprint density at radius 3 is 2.92 bits per heavy atom. The van der Waals surface area contributed by atoms with Crippen molar-refractivity contribution in [1.82, 2.24) is 10.3 Å². The normalized spacial score (nSPS) is 21.3. The van der Waals surface area contributed by atoms with E-state index >= 15 is 0 Å². The molecule has 1 aromatic carbocycles. The minimum absolute atomic E-state index is 0.115. The number of halogens is 2. The van der Waals surface area contributed by atoms with Gasteiger partial charge in [0.05, 0.1) is 7.11 Å². The maximum Gasteiger partial charge on any atom is 0.339 e. The maximum absolute atomic E-state index is 14.0. The van der Waals surface area contributed by atoms with Crippen molar-refractivity contribution in [3.8, 4) is 0 Å². The van der Waals surface area contributed by atoms with Crippen LogP contribution in [0.2, 0.25) is 0 Å². The van der Waals surface area contributed by atoms with E-state index in [1.165, 1.54) is 19.2 Å². The van der Waals surface area contributed by atoms with Crippen molar-refractivity contribution >= 4 is 23.4 Å². The molecule has 2 aromatic rings. The largest absolute Gasteiger partial charge is 0.465 e. The number of aryl methyl sites for hydroxylation is 1. The first kappa shape index (κ1) is 16.7. The van der Waals surface area contributed by atoms with Crippen LogP contribution in [-0.4, -0.2) is 23.9 Å². The highest BCUT2D eigenvalue weighted by molar-refractivity contribution is 6.33. The number of carbonyl (C=O) groups is 1. The molecule has 2 heterocycles. The number of nitrogens with one attached hydrogen (secondary N) is 1. The molecule has 0 fully saturated rings. The molecule has 0 bridgehead atoms. The second kappa shape index (κ2) is 6.21. The van der Waals surface area contributed by atoms with E-state index in [4.69, 9.17) is 21.3 Å². The van der Waals surface area contributed by atoms with Crippen LogP contribution in [0.4, 0.5) is 4.39 Å². The van der Waals surface area contributed by atoms with Crippen molar-refractivity contribution in [2.24, 2.45) is 4.99 Å². The summed E-state index contributed by atoms with van der Waals surface area (Å²) >= 11 is 6.44. The summed E-state index contributed by atoms with van der Waals surface area (Å²) in [5.41, 5.74) is 1.23. The number of rotatable bonds is 2. The highest BCUT2D eigenvalue weighted by atomic mass is 35.5. The number of methoxy groups -OCH3 is 1. The highest BCUT2D eigenvalue weighted by Crippen LogP contribution is 2.49. The summed E-state index contributed by atoms with van der Waals surface area (Å²) in [6, 6.07) is 9.95. The summed E-state index contributed by atoms with van der Waals surface area (Å²) in [7, 11) is 1.28. The number of aromatic nitrogens is 1. The smallest absolute Gasteiger partial charge is 0.339 e. The Morgan fingerprint density at radius 2 is 2.19 bits per heavy atom. The van der Waals surface area contributed by atoms with Gasteiger partial charge in [-0.25, -0.2) is 14.2 Å². The van der Waals surface area contributed by atoms with E-state index in [0.29, 0.717) is 29.9 Å². The van der Waals surface area contributed by atoms with Gasteiger partial charge in [0.25, 0.3) is 0 Å². The van der Waals surface area contributed by atoms with E-state index in [-0.39, 0.29) is 10.7 Å². The summed E-state index contributed by atoms with van der Waals surface area (Å²) in [5, 5.41) is 3.05. The summed E-state index contributed by atoms with van der Waals surface area (Å²) in [4.78, 5) is 21.6. The molecule has 1 atom stereocenters. The molecule has 0 radical (unpaired) electrons. The van der Waals surface area contributed by atoms with Crippen LogP contribution in [-0.2, 0) is 21.5 Å². The molecule has 0 saturated carbocycles. The summed E-state index contributed by atoms with van der Waals surface area (Å²) in [6.45, 7) is 0. The maximum atomic E-state index is 14.0. The second-order valence-electron chi connectivity index (χ2n) is 6.14. The van der Waals surface area contributed by atoms with Gasteiger partial charge in [0.15, 0.2) is 5.84 Å². The molecule has 1 aliphatic heterocycles.